The van der Waals surface area contributed by atoms with Gasteiger partial charge in [0.2, 0.25) is 0 Å². The molecule has 18 heavy (non-hydrogen) atoms. The van der Waals surface area contributed by atoms with Crippen molar-refractivity contribution in [2.45, 2.75) is 44.8 Å². The molecule has 0 unspecified atom stereocenters. The molecular formula is C15H21NO2. The number of nitrogens with two attached hydrogens (primary N) is 1. The van der Waals surface area contributed by atoms with Crippen LogP contribution in [0.1, 0.15) is 37.7 Å². The average molecular weight is 247 g/mol. The van der Waals surface area contributed by atoms with Crippen molar-refractivity contribution in [1.82, 2.24) is 0 Å². The topological polar surface area (TPSA) is 52.3 Å². The number of rotatable bonds is 4. The van der Waals surface area contributed by atoms with Crippen molar-refractivity contribution >= 4 is 5.97 Å². The van der Waals surface area contributed by atoms with Crippen molar-refractivity contribution in [1.29, 1.82) is 0 Å². The molecule has 0 heterocycles. The van der Waals surface area contributed by atoms with Crippen LogP contribution in [0, 0.1) is 5.92 Å². The molecule has 2 N–H and O–H groups in total. The first-order valence-corrected chi connectivity index (χ1v) is 6.73. The highest BCUT2D eigenvalue weighted by Crippen LogP contribution is 2.26. The minimum absolute atomic E-state index is 0.259. The molecule has 3 heteroatoms. The first-order valence-electron chi connectivity index (χ1n) is 6.73. The summed E-state index contributed by atoms with van der Waals surface area (Å²) in [6.07, 6.45) is 5.75. The zero-order chi connectivity index (χ0) is 12.8. The van der Waals surface area contributed by atoms with E-state index in [0.717, 1.165) is 18.4 Å². The molecule has 0 saturated heterocycles. The van der Waals surface area contributed by atoms with Gasteiger partial charge in [-0.05, 0) is 24.3 Å². The summed E-state index contributed by atoms with van der Waals surface area (Å²) in [5.74, 6) is 0.0489. The Morgan fingerprint density at radius 1 is 1.22 bits per heavy atom. The van der Waals surface area contributed by atoms with Gasteiger partial charge in [0, 0.05) is 0 Å². The van der Waals surface area contributed by atoms with E-state index < -0.39 is 6.04 Å². The molecule has 0 spiro atoms. The lowest BCUT2D eigenvalue weighted by Gasteiger charge is -2.25. The summed E-state index contributed by atoms with van der Waals surface area (Å²) in [4.78, 5) is 11.9. The van der Waals surface area contributed by atoms with Gasteiger partial charge in [-0.25, -0.2) is 0 Å². The molecule has 1 saturated carbocycles. The van der Waals surface area contributed by atoms with Gasteiger partial charge in [0.05, 0.1) is 0 Å². The lowest BCUT2D eigenvalue weighted by molar-refractivity contribution is -0.148. The van der Waals surface area contributed by atoms with E-state index in [0.29, 0.717) is 12.5 Å². The summed E-state index contributed by atoms with van der Waals surface area (Å²) in [5.41, 5.74) is 6.98. The van der Waals surface area contributed by atoms with Crippen molar-refractivity contribution in [3.8, 4) is 0 Å². The molecule has 1 aliphatic carbocycles. The summed E-state index contributed by atoms with van der Waals surface area (Å²) in [6, 6.07) is 9.25. The van der Waals surface area contributed by atoms with Crippen LogP contribution in [0.3, 0.4) is 0 Å². The second-order valence-electron chi connectivity index (χ2n) is 5.02. The van der Waals surface area contributed by atoms with E-state index in [1.807, 2.05) is 30.3 Å². The predicted octanol–water partition coefficient (Wildman–Crippen LogP) is 2.64. The maximum Gasteiger partial charge on any atom is 0.323 e. The molecule has 0 radical (unpaired) electrons. The van der Waals surface area contributed by atoms with E-state index in [9.17, 15) is 4.79 Å². The molecule has 0 amide bonds. The largest absolute Gasteiger partial charge is 0.460 e. The van der Waals surface area contributed by atoms with Gasteiger partial charge in [0.25, 0.3) is 0 Å². The Morgan fingerprint density at radius 3 is 2.56 bits per heavy atom. The maximum atomic E-state index is 11.9. The quantitative estimate of drug-likeness (QED) is 0.832. The second kappa shape index (κ2) is 6.55. The molecule has 0 aliphatic heterocycles. The van der Waals surface area contributed by atoms with E-state index in [1.165, 1.54) is 19.3 Å². The Bertz CT molecular complexity index is 371. The monoisotopic (exact) mass is 247 g/mol. The number of esters is 1. The van der Waals surface area contributed by atoms with Gasteiger partial charge < -0.3 is 10.5 Å². The third-order valence-electron chi connectivity index (χ3n) is 3.65. The van der Waals surface area contributed by atoms with Crippen LogP contribution in [-0.4, -0.2) is 12.0 Å². The minimum atomic E-state index is -0.450. The van der Waals surface area contributed by atoms with Crippen LogP contribution in [0.4, 0.5) is 0 Å². The molecule has 2 rings (SSSR count). The fourth-order valence-corrected chi connectivity index (χ4v) is 2.51. The Morgan fingerprint density at radius 2 is 1.89 bits per heavy atom. The Kier molecular flexibility index (Phi) is 4.76. The molecule has 1 aliphatic rings. The van der Waals surface area contributed by atoms with Crippen LogP contribution in [0.2, 0.25) is 0 Å². The SMILES string of the molecule is N[C@@H](C(=O)OCc1ccccc1)C1CCCCC1. The summed E-state index contributed by atoms with van der Waals surface area (Å²) < 4.78 is 5.28. The van der Waals surface area contributed by atoms with Crippen molar-refractivity contribution < 1.29 is 9.53 Å². The van der Waals surface area contributed by atoms with Crippen LogP contribution < -0.4 is 5.73 Å². The number of carbonyl (C=O) groups is 1. The molecule has 1 aromatic carbocycles. The van der Waals surface area contributed by atoms with E-state index >= 15 is 0 Å². The third kappa shape index (κ3) is 3.57. The Balaban J connectivity index is 1.80. The Hall–Kier alpha value is -1.35. The Labute approximate surface area is 108 Å². The molecule has 1 fully saturated rings. The van der Waals surface area contributed by atoms with E-state index in [2.05, 4.69) is 0 Å². The third-order valence-corrected chi connectivity index (χ3v) is 3.65. The second-order valence-corrected chi connectivity index (χ2v) is 5.02. The van der Waals surface area contributed by atoms with Crippen LogP contribution in [0.15, 0.2) is 30.3 Å². The number of hydrogen-bond donors (Lipinski definition) is 1. The highest BCUT2D eigenvalue weighted by Gasteiger charge is 2.27. The van der Waals surface area contributed by atoms with Gasteiger partial charge in [-0.15, -0.1) is 0 Å². The summed E-state index contributed by atoms with van der Waals surface area (Å²) >= 11 is 0. The first kappa shape index (κ1) is 13.1. The zero-order valence-corrected chi connectivity index (χ0v) is 10.7. The maximum absolute atomic E-state index is 11.9. The molecule has 1 aromatic rings. The van der Waals surface area contributed by atoms with Crippen molar-refractivity contribution in [3.05, 3.63) is 35.9 Å². The summed E-state index contributed by atoms with van der Waals surface area (Å²) in [5, 5.41) is 0. The number of hydrogen-bond acceptors (Lipinski definition) is 3. The van der Waals surface area contributed by atoms with Crippen molar-refractivity contribution in [3.63, 3.8) is 0 Å². The highest BCUT2D eigenvalue weighted by molar-refractivity contribution is 5.75. The van der Waals surface area contributed by atoms with E-state index in [-0.39, 0.29) is 5.97 Å². The van der Waals surface area contributed by atoms with Crippen molar-refractivity contribution in [2.75, 3.05) is 0 Å². The lowest BCUT2D eigenvalue weighted by atomic mass is 9.84. The first-order chi connectivity index (χ1) is 8.77. The lowest BCUT2D eigenvalue weighted by Crippen LogP contribution is -2.40. The van der Waals surface area contributed by atoms with Crippen LogP contribution in [-0.2, 0) is 16.1 Å². The van der Waals surface area contributed by atoms with Gasteiger partial charge in [0.1, 0.15) is 12.6 Å². The predicted molar refractivity (Wildman–Crippen MR) is 70.8 cm³/mol. The molecular weight excluding hydrogens is 226 g/mol. The minimum Gasteiger partial charge on any atom is -0.460 e. The van der Waals surface area contributed by atoms with E-state index in [4.69, 9.17) is 10.5 Å². The van der Waals surface area contributed by atoms with Crippen LogP contribution in [0.25, 0.3) is 0 Å². The van der Waals surface area contributed by atoms with Gasteiger partial charge in [-0.2, -0.15) is 0 Å². The molecule has 0 bridgehead atoms. The standard InChI is InChI=1S/C15H21NO2/c16-14(13-9-5-2-6-10-13)15(17)18-11-12-7-3-1-4-8-12/h1,3-4,7-8,13-14H,2,5-6,9-11,16H2/t14-/m1/s1. The summed E-state index contributed by atoms with van der Waals surface area (Å²) in [6.45, 7) is 0.320. The summed E-state index contributed by atoms with van der Waals surface area (Å²) in [7, 11) is 0. The molecule has 0 aromatic heterocycles. The normalized spacial score (nSPS) is 18.3. The van der Waals surface area contributed by atoms with Gasteiger partial charge >= 0.3 is 5.97 Å². The highest BCUT2D eigenvalue weighted by atomic mass is 16.5. The average Bonchev–Trinajstić information content (AvgIpc) is 2.46. The van der Waals surface area contributed by atoms with Gasteiger partial charge in [0.15, 0.2) is 0 Å². The number of carbonyl (C=O) groups excluding carboxylic acids is 1. The van der Waals surface area contributed by atoms with Gasteiger partial charge in [-0.3, -0.25) is 4.79 Å². The number of benzene rings is 1. The van der Waals surface area contributed by atoms with Gasteiger partial charge in [-0.1, -0.05) is 49.6 Å². The number of ether oxygens (including phenoxy) is 1. The molecule has 1 atom stereocenters. The van der Waals surface area contributed by atoms with Crippen LogP contribution in [0.5, 0.6) is 0 Å². The smallest absolute Gasteiger partial charge is 0.323 e. The fraction of sp³-hybridized carbons (Fsp3) is 0.533. The molecule has 98 valence electrons. The molecule has 3 nitrogen and oxygen atoms in total. The zero-order valence-electron chi connectivity index (χ0n) is 10.7. The van der Waals surface area contributed by atoms with E-state index in [1.54, 1.807) is 0 Å². The van der Waals surface area contributed by atoms with Crippen molar-refractivity contribution in [2.24, 2.45) is 11.7 Å². The fourth-order valence-electron chi connectivity index (χ4n) is 2.51. The van der Waals surface area contributed by atoms with Crippen LogP contribution >= 0.6 is 0 Å².